The van der Waals surface area contributed by atoms with Crippen LogP contribution in [0.1, 0.15) is 58.1 Å². The van der Waals surface area contributed by atoms with Crippen LogP contribution in [0.4, 0.5) is 5.69 Å². The molecule has 2 amide bonds. The number of nitrogens with zero attached hydrogens (tertiary/aromatic N) is 2. The molecule has 0 unspecified atom stereocenters. The van der Waals surface area contributed by atoms with Gasteiger partial charge in [0.25, 0.3) is 0 Å². The molecule has 0 spiro atoms. The Kier molecular flexibility index (Phi) is 10.5. The minimum atomic E-state index is -3.53. The zero-order chi connectivity index (χ0) is 27.8. The SMILES string of the molecule is CC[C@H](C(=O)NC(C)(C)C)N(Cc1cccc(OC)c1)C(=O)CCCN(c1ccc(C)cc1)S(C)(=O)=O. The summed E-state index contributed by atoms with van der Waals surface area (Å²) < 4.78 is 31.6. The Balaban J connectivity index is 2.25. The predicted molar refractivity (Wildman–Crippen MR) is 148 cm³/mol. The molecule has 0 radical (unpaired) electrons. The molecule has 1 N–H and O–H groups in total. The second-order valence-electron chi connectivity index (χ2n) is 10.3. The van der Waals surface area contributed by atoms with E-state index in [1.807, 2.05) is 71.0 Å². The number of aryl methyl sites for hydroxylation is 1. The monoisotopic (exact) mass is 531 g/mol. The van der Waals surface area contributed by atoms with E-state index < -0.39 is 21.6 Å². The number of hydrogen-bond donors (Lipinski definition) is 1. The van der Waals surface area contributed by atoms with Crippen LogP contribution in [-0.4, -0.2) is 56.6 Å². The zero-order valence-electron chi connectivity index (χ0n) is 23.1. The van der Waals surface area contributed by atoms with Crippen molar-refractivity contribution in [1.82, 2.24) is 10.2 Å². The molecule has 2 rings (SSSR count). The van der Waals surface area contributed by atoms with Crippen molar-refractivity contribution in [1.29, 1.82) is 0 Å². The second-order valence-corrected chi connectivity index (χ2v) is 12.2. The summed E-state index contributed by atoms with van der Waals surface area (Å²) in [5.74, 6) is 0.235. The van der Waals surface area contributed by atoms with Gasteiger partial charge >= 0.3 is 0 Å². The van der Waals surface area contributed by atoms with Gasteiger partial charge in [-0.1, -0.05) is 36.8 Å². The summed E-state index contributed by atoms with van der Waals surface area (Å²) in [5, 5.41) is 2.99. The molecule has 37 heavy (non-hydrogen) atoms. The van der Waals surface area contributed by atoms with Crippen LogP contribution in [-0.2, 0) is 26.2 Å². The first-order valence-electron chi connectivity index (χ1n) is 12.5. The van der Waals surface area contributed by atoms with Crippen molar-refractivity contribution in [3.63, 3.8) is 0 Å². The topological polar surface area (TPSA) is 96.0 Å². The first-order chi connectivity index (χ1) is 17.2. The Morgan fingerprint density at radius 2 is 1.73 bits per heavy atom. The highest BCUT2D eigenvalue weighted by Gasteiger charge is 2.30. The number of nitrogens with one attached hydrogen (secondary N) is 1. The van der Waals surface area contributed by atoms with E-state index in [9.17, 15) is 18.0 Å². The van der Waals surface area contributed by atoms with E-state index in [1.54, 1.807) is 24.1 Å². The van der Waals surface area contributed by atoms with Crippen molar-refractivity contribution >= 4 is 27.5 Å². The highest BCUT2D eigenvalue weighted by atomic mass is 32.2. The number of hydrogen-bond acceptors (Lipinski definition) is 5. The molecule has 9 heteroatoms. The lowest BCUT2D eigenvalue weighted by Crippen LogP contribution is -2.53. The summed E-state index contributed by atoms with van der Waals surface area (Å²) >= 11 is 0. The number of ether oxygens (including phenoxy) is 1. The van der Waals surface area contributed by atoms with Gasteiger partial charge in [0.2, 0.25) is 21.8 Å². The van der Waals surface area contributed by atoms with E-state index in [-0.39, 0.29) is 31.3 Å². The van der Waals surface area contributed by atoms with Gasteiger partial charge in [-0.05, 0) is 70.4 Å². The molecular weight excluding hydrogens is 490 g/mol. The average molecular weight is 532 g/mol. The highest BCUT2D eigenvalue weighted by molar-refractivity contribution is 7.92. The van der Waals surface area contributed by atoms with Crippen molar-refractivity contribution in [2.75, 3.05) is 24.2 Å². The number of amides is 2. The number of carbonyl (C=O) groups excluding carboxylic acids is 2. The maximum absolute atomic E-state index is 13.5. The van der Waals surface area contributed by atoms with Crippen LogP contribution >= 0.6 is 0 Å². The van der Waals surface area contributed by atoms with Crippen LogP contribution in [0, 0.1) is 6.92 Å². The first kappa shape index (κ1) is 30.2. The lowest BCUT2D eigenvalue weighted by atomic mass is 10.0. The molecular formula is C28H41N3O5S. The highest BCUT2D eigenvalue weighted by Crippen LogP contribution is 2.21. The third-order valence-electron chi connectivity index (χ3n) is 5.85. The standard InChI is InChI=1S/C28H41N3O5S/c1-8-25(27(33)29-28(3,4)5)30(20-22-11-9-12-24(19-22)36-6)26(32)13-10-18-31(37(7,34)35)23-16-14-21(2)15-17-23/h9,11-12,14-17,19,25H,8,10,13,18,20H2,1-7H3,(H,29,33)/t25-/m1/s1. The molecule has 0 bridgehead atoms. The van der Waals surface area contributed by atoms with E-state index in [0.717, 1.165) is 17.4 Å². The minimum Gasteiger partial charge on any atom is -0.497 e. The summed E-state index contributed by atoms with van der Waals surface area (Å²) in [6, 6.07) is 14.0. The number of benzene rings is 2. The Labute approximate surface area is 222 Å². The molecule has 0 aliphatic carbocycles. The predicted octanol–water partition coefficient (Wildman–Crippen LogP) is 4.27. The fourth-order valence-electron chi connectivity index (χ4n) is 4.05. The third-order valence-corrected chi connectivity index (χ3v) is 7.04. The molecule has 0 aliphatic rings. The Morgan fingerprint density at radius 3 is 2.27 bits per heavy atom. The summed E-state index contributed by atoms with van der Waals surface area (Å²) in [6.45, 7) is 9.90. The van der Waals surface area contributed by atoms with Gasteiger partial charge in [-0.25, -0.2) is 8.42 Å². The minimum absolute atomic E-state index is 0.0984. The quantitative estimate of drug-likeness (QED) is 0.441. The molecule has 0 saturated carbocycles. The molecule has 1 atom stereocenters. The van der Waals surface area contributed by atoms with Gasteiger partial charge in [-0.15, -0.1) is 0 Å². The smallest absolute Gasteiger partial charge is 0.243 e. The van der Waals surface area contributed by atoms with Crippen molar-refractivity contribution in [3.05, 3.63) is 59.7 Å². The lowest BCUT2D eigenvalue weighted by molar-refractivity contribution is -0.142. The van der Waals surface area contributed by atoms with Crippen LogP contribution in [0.25, 0.3) is 0 Å². The van der Waals surface area contributed by atoms with Crippen molar-refractivity contribution in [2.24, 2.45) is 0 Å². The van der Waals surface area contributed by atoms with Crippen molar-refractivity contribution < 1.29 is 22.7 Å². The summed E-state index contributed by atoms with van der Waals surface area (Å²) in [5.41, 5.74) is 1.98. The van der Waals surface area contributed by atoms with Crippen LogP contribution in [0.3, 0.4) is 0 Å². The zero-order valence-corrected chi connectivity index (χ0v) is 23.9. The van der Waals surface area contributed by atoms with Gasteiger partial charge in [0.15, 0.2) is 0 Å². The normalized spacial score (nSPS) is 12.5. The molecule has 2 aromatic rings. The fraction of sp³-hybridized carbons (Fsp3) is 0.500. The van der Waals surface area contributed by atoms with Gasteiger partial charge < -0.3 is 15.0 Å². The molecule has 0 heterocycles. The summed E-state index contributed by atoms with van der Waals surface area (Å²) in [4.78, 5) is 28.3. The van der Waals surface area contributed by atoms with Crippen LogP contribution in [0.15, 0.2) is 48.5 Å². The number of sulfonamides is 1. The second kappa shape index (κ2) is 12.9. The van der Waals surface area contributed by atoms with E-state index in [2.05, 4.69) is 5.32 Å². The van der Waals surface area contributed by atoms with E-state index in [0.29, 0.717) is 24.3 Å². The van der Waals surface area contributed by atoms with Crippen LogP contribution in [0.5, 0.6) is 5.75 Å². The molecule has 8 nitrogen and oxygen atoms in total. The first-order valence-corrected chi connectivity index (χ1v) is 14.4. The number of methoxy groups -OCH3 is 1. The summed E-state index contributed by atoms with van der Waals surface area (Å²) in [7, 11) is -1.95. The van der Waals surface area contributed by atoms with Crippen molar-refractivity contribution in [2.45, 2.75) is 72.0 Å². The van der Waals surface area contributed by atoms with E-state index in [4.69, 9.17) is 4.74 Å². The van der Waals surface area contributed by atoms with Gasteiger partial charge in [0, 0.05) is 25.0 Å². The van der Waals surface area contributed by atoms with Crippen molar-refractivity contribution in [3.8, 4) is 5.75 Å². The van der Waals surface area contributed by atoms with Gasteiger partial charge in [-0.3, -0.25) is 13.9 Å². The fourth-order valence-corrected chi connectivity index (χ4v) is 5.02. The van der Waals surface area contributed by atoms with Crippen LogP contribution < -0.4 is 14.4 Å². The Hall–Kier alpha value is -3.07. The Bertz CT molecular complexity index is 1160. The molecule has 0 aromatic heterocycles. The average Bonchev–Trinajstić information content (AvgIpc) is 2.80. The maximum Gasteiger partial charge on any atom is 0.243 e. The van der Waals surface area contributed by atoms with E-state index in [1.165, 1.54) is 4.31 Å². The van der Waals surface area contributed by atoms with E-state index >= 15 is 0 Å². The molecule has 2 aromatic carbocycles. The van der Waals surface area contributed by atoms with Gasteiger partial charge in [-0.2, -0.15) is 0 Å². The number of rotatable bonds is 12. The molecule has 0 saturated heterocycles. The molecule has 204 valence electrons. The Morgan fingerprint density at radius 1 is 1.08 bits per heavy atom. The maximum atomic E-state index is 13.5. The van der Waals surface area contributed by atoms with Crippen LogP contribution in [0.2, 0.25) is 0 Å². The number of carbonyl (C=O) groups is 2. The largest absolute Gasteiger partial charge is 0.497 e. The number of anilines is 1. The third kappa shape index (κ3) is 9.39. The van der Waals surface area contributed by atoms with Gasteiger partial charge in [0.1, 0.15) is 11.8 Å². The molecule has 0 fully saturated rings. The summed E-state index contributed by atoms with van der Waals surface area (Å²) in [6.07, 6.45) is 2.01. The lowest BCUT2D eigenvalue weighted by Gasteiger charge is -2.33. The molecule has 0 aliphatic heterocycles. The van der Waals surface area contributed by atoms with Gasteiger partial charge in [0.05, 0.1) is 19.1 Å².